The third kappa shape index (κ3) is 7.22. The van der Waals surface area contributed by atoms with Crippen molar-refractivity contribution in [3.63, 3.8) is 0 Å². The Bertz CT molecular complexity index is 473. The van der Waals surface area contributed by atoms with Crippen LogP contribution < -0.4 is 0 Å². The Balaban J connectivity index is 1.82. The van der Waals surface area contributed by atoms with E-state index < -0.39 is 5.97 Å². The highest BCUT2D eigenvalue weighted by molar-refractivity contribution is 5.66. The fourth-order valence-corrected chi connectivity index (χ4v) is 3.76. The summed E-state index contributed by atoms with van der Waals surface area (Å²) in [7, 11) is 0. The van der Waals surface area contributed by atoms with Gasteiger partial charge in [-0.25, -0.2) is 0 Å². The monoisotopic (exact) mass is 366 g/mol. The van der Waals surface area contributed by atoms with Crippen LogP contribution in [0.5, 0.6) is 0 Å². The van der Waals surface area contributed by atoms with Crippen LogP contribution in [0.2, 0.25) is 0 Å². The molecule has 2 aliphatic rings. The molecule has 5 atom stereocenters. The molecule has 5 nitrogen and oxygen atoms in total. The smallest absolute Gasteiger partial charge is 0.303 e. The maximum atomic E-state index is 10.5. The summed E-state index contributed by atoms with van der Waals surface area (Å²) in [6.07, 6.45) is 15.6. The number of fused-ring (bicyclic) bond motifs is 2. The fourth-order valence-electron chi connectivity index (χ4n) is 3.76. The van der Waals surface area contributed by atoms with Crippen molar-refractivity contribution in [3.05, 3.63) is 24.3 Å². The number of hydrogen-bond acceptors (Lipinski definition) is 4. The Morgan fingerprint density at radius 3 is 2.88 bits per heavy atom. The first-order valence-corrected chi connectivity index (χ1v) is 10.1. The van der Waals surface area contributed by atoms with E-state index in [-0.39, 0.29) is 24.9 Å². The maximum Gasteiger partial charge on any atom is 0.303 e. The second-order valence-electron chi connectivity index (χ2n) is 7.44. The Labute approximate surface area is 157 Å². The van der Waals surface area contributed by atoms with E-state index in [4.69, 9.17) is 14.6 Å². The number of ether oxygens (including phenoxy) is 2. The average Bonchev–Trinajstić information content (AvgIpc) is 3.00. The van der Waals surface area contributed by atoms with Crippen molar-refractivity contribution < 1.29 is 24.5 Å². The first kappa shape index (κ1) is 21.1. The number of carboxylic acid groups (broad SMARTS) is 1. The van der Waals surface area contributed by atoms with Crippen molar-refractivity contribution in [3.8, 4) is 0 Å². The first-order valence-electron chi connectivity index (χ1n) is 10.1. The molecule has 2 N–H and O–H groups in total. The molecule has 2 fully saturated rings. The predicted molar refractivity (Wildman–Crippen MR) is 101 cm³/mol. The molecule has 0 aliphatic carbocycles. The van der Waals surface area contributed by atoms with Gasteiger partial charge in [-0.2, -0.15) is 0 Å². The lowest BCUT2D eigenvalue weighted by Gasteiger charge is -2.33. The topological polar surface area (TPSA) is 76.0 Å². The normalized spacial score (nSPS) is 29.6. The van der Waals surface area contributed by atoms with E-state index in [1.165, 1.54) is 0 Å². The van der Waals surface area contributed by atoms with Gasteiger partial charge in [-0.05, 0) is 37.5 Å². The lowest BCUT2D eigenvalue weighted by molar-refractivity contribution is -0.137. The molecule has 0 saturated carbocycles. The van der Waals surface area contributed by atoms with Gasteiger partial charge in [-0.3, -0.25) is 4.79 Å². The summed E-state index contributed by atoms with van der Waals surface area (Å²) < 4.78 is 11.6. The van der Waals surface area contributed by atoms with E-state index in [9.17, 15) is 9.90 Å². The average molecular weight is 366 g/mol. The summed E-state index contributed by atoms with van der Waals surface area (Å²) in [6, 6.07) is 0. The Morgan fingerprint density at radius 2 is 2.12 bits per heavy atom. The molecule has 2 heterocycles. The molecule has 0 spiro atoms. The van der Waals surface area contributed by atoms with Crippen molar-refractivity contribution in [1.29, 1.82) is 0 Å². The van der Waals surface area contributed by atoms with Crippen LogP contribution >= 0.6 is 0 Å². The maximum absolute atomic E-state index is 10.5. The third-order valence-electron chi connectivity index (χ3n) is 5.29. The van der Waals surface area contributed by atoms with Gasteiger partial charge in [0.2, 0.25) is 0 Å². The summed E-state index contributed by atoms with van der Waals surface area (Å²) in [5.41, 5.74) is 0. The molecular weight excluding hydrogens is 332 g/mol. The summed E-state index contributed by atoms with van der Waals surface area (Å²) in [5.74, 6) is -0.0368. The van der Waals surface area contributed by atoms with E-state index >= 15 is 0 Å². The summed E-state index contributed by atoms with van der Waals surface area (Å²) in [4.78, 5) is 10.5. The number of hydrogen-bond donors (Lipinski definition) is 2. The largest absolute Gasteiger partial charge is 0.481 e. The minimum absolute atomic E-state index is 0.109. The van der Waals surface area contributed by atoms with Gasteiger partial charge in [0.05, 0.1) is 18.8 Å². The van der Waals surface area contributed by atoms with Gasteiger partial charge in [-0.15, -0.1) is 0 Å². The number of carboxylic acids is 1. The van der Waals surface area contributed by atoms with Gasteiger partial charge in [0.15, 0.2) is 6.29 Å². The van der Waals surface area contributed by atoms with Crippen LogP contribution in [-0.2, 0) is 14.3 Å². The summed E-state index contributed by atoms with van der Waals surface area (Å²) >= 11 is 0. The Kier molecular flexibility index (Phi) is 9.37. The van der Waals surface area contributed by atoms with Crippen LogP contribution in [0.3, 0.4) is 0 Å². The molecular formula is C21H34O5. The molecule has 5 heteroatoms. The van der Waals surface area contributed by atoms with Crippen LogP contribution in [0.1, 0.15) is 64.7 Å². The standard InChI is InChI=1S/C21H34O5/c1-2-3-6-9-17(22)13-12-16-14-21-25-15-19(26-21)18(16)10-7-4-5-8-11-20(23)24/h4,7,12-13,16-19,21-22H,2-3,5-6,8-11,14-15H2,1H3,(H,23,24)/t16?,17-,18-,19-,21-/m1/s1. The van der Waals surface area contributed by atoms with Crippen molar-refractivity contribution in [1.82, 2.24) is 0 Å². The van der Waals surface area contributed by atoms with Crippen LogP contribution in [0, 0.1) is 11.8 Å². The fraction of sp³-hybridized carbons (Fsp3) is 0.762. The Hall–Kier alpha value is -1.17. The highest BCUT2D eigenvalue weighted by Crippen LogP contribution is 2.39. The predicted octanol–water partition coefficient (Wildman–Crippen LogP) is 4.06. The summed E-state index contributed by atoms with van der Waals surface area (Å²) in [5, 5.41) is 18.8. The lowest BCUT2D eigenvalue weighted by atomic mass is 9.81. The minimum atomic E-state index is -0.740. The number of rotatable bonds is 12. The Morgan fingerprint density at radius 1 is 1.27 bits per heavy atom. The van der Waals surface area contributed by atoms with Gasteiger partial charge in [0.25, 0.3) is 0 Å². The zero-order valence-corrected chi connectivity index (χ0v) is 15.9. The second-order valence-corrected chi connectivity index (χ2v) is 7.44. The molecule has 0 aromatic rings. The third-order valence-corrected chi connectivity index (χ3v) is 5.29. The first-order chi connectivity index (χ1) is 12.6. The van der Waals surface area contributed by atoms with E-state index in [0.717, 1.165) is 44.9 Å². The quantitative estimate of drug-likeness (QED) is 0.402. The van der Waals surface area contributed by atoms with Crippen molar-refractivity contribution >= 4 is 5.97 Å². The van der Waals surface area contributed by atoms with Crippen molar-refractivity contribution in [2.75, 3.05) is 6.61 Å². The molecule has 0 aromatic carbocycles. The van der Waals surface area contributed by atoms with Crippen molar-refractivity contribution in [2.45, 2.75) is 83.2 Å². The molecule has 148 valence electrons. The van der Waals surface area contributed by atoms with Gasteiger partial charge in [0, 0.05) is 12.8 Å². The number of aliphatic carboxylic acids is 1. The molecule has 2 bridgehead atoms. The molecule has 26 heavy (non-hydrogen) atoms. The van der Waals surface area contributed by atoms with Gasteiger partial charge in [0.1, 0.15) is 0 Å². The van der Waals surface area contributed by atoms with E-state index in [1.807, 2.05) is 6.08 Å². The summed E-state index contributed by atoms with van der Waals surface area (Å²) in [6.45, 7) is 2.81. The SMILES string of the molecule is CCCCC[C@@H](O)C=CC1C[C@@H]2OC[C@@H](O2)[C@@H]1CC=CCCCC(=O)O. The van der Waals surface area contributed by atoms with Crippen LogP contribution in [0.15, 0.2) is 24.3 Å². The minimum Gasteiger partial charge on any atom is -0.481 e. The second kappa shape index (κ2) is 11.5. The number of aliphatic hydroxyl groups excluding tert-OH is 1. The van der Waals surface area contributed by atoms with Crippen molar-refractivity contribution in [2.24, 2.45) is 11.8 Å². The van der Waals surface area contributed by atoms with Gasteiger partial charge in [-0.1, -0.05) is 50.5 Å². The van der Waals surface area contributed by atoms with Crippen LogP contribution in [0.25, 0.3) is 0 Å². The molecule has 1 unspecified atom stereocenters. The number of carbonyl (C=O) groups is 1. The number of allylic oxidation sites excluding steroid dienone is 3. The zero-order chi connectivity index (χ0) is 18.8. The highest BCUT2D eigenvalue weighted by Gasteiger charge is 2.42. The molecule has 2 saturated heterocycles. The zero-order valence-electron chi connectivity index (χ0n) is 15.9. The molecule has 0 amide bonds. The van der Waals surface area contributed by atoms with Crippen LogP contribution in [-0.4, -0.2) is 41.3 Å². The van der Waals surface area contributed by atoms with E-state index in [2.05, 4.69) is 25.2 Å². The number of aliphatic hydroxyl groups is 1. The number of unbranched alkanes of at least 4 members (excludes halogenated alkanes) is 3. The van der Waals surface area contributed by atoms with Gasteiger partial charge < -0.3 is 19.7 Å². The molecule has 2 rings (SSSR count). The highest BCUT2D eigenvalue weighted by atomic mass is 16.7. The van der Waals surface area contributed by atoms with Crippen LogP contribution in [0.4, 0.5) is 0 Å². The molecule has 0 radical (unpaired) electrons. The van der Waals surface area contributed by atoms with Gasteiger partial charge >= 0.3 is 5.97 Å². The van der Waals surface area contributed by atoms with E-state index in [1.54, 1.807) is 0 Å². The molecule has 0 aromatic heterocycles. The lowest BCUT2D eigenvalue weighted by Crippen LogP contribution is -2.35. The van der Waals surface area contributed by atoms with E-state index in [0.29, 0.717) is 24.9 Å². The molecule has 2 aliphatic heterocycles.